The molecule has 3 amide bonds. The third kappa shape index (κ3) is 7.40. The number of nitrogens with zero attached hydrogens (tertiary/aromatic N) is 5. The fraction of sp³-hybridized carbons (Fsp3) is 0.200. The highest BCUT2D eigenvalue weighted by atomic mass is 16.6. The van der Waals surface area contributed by atoms with E-state index in [0.29, 0.717) is 47.1 Å². The molecule has 0 aliphatic carbocycles. The number of para-hydroxylation sites is 5. The van der Waals surface area contributed by atoms with Crippen molar-refractivity contribution in [2.75, 3.05) is 51.0 Å². The first-order chi connectivity index (χ1) is 21.0. The zero-order valence-corrected chi connectivity index (χ0v) is 23.6. The molecule has 43 heavy (non-hydrogen) atoms. The van der Waals surface area contributed by atoms with Gasteiger partial charge in [0.25, 0.3) is 11.8 Å². The molecule has 0 spiro atoms. The molecule has 3 aromatic carbocycles. The summed E-state index contributed by atoms with van der Waals surface area (Å²) in [7, 11) is 2.98. The van der Waals surface area contributed by atoms with Gasteiger partial charge in [-0.3, -0.25) is 10.6 Å². The van der Waals surface area contributed by atoms with Gasteiger partial charge in [0, 0.05) is 26.2 Å². The van der Waals surface area contributed by atoms with E-state index in [1.165, 1.54) is 14.2 Å². The molecule has 2 aromatic heterocycles. The third-order valence-electron chi connectivity index (χ3n) is 6.27. The summed E-state index contributed by atoms with van der Waals surface area (Å²) in [6.45, 7) is 2.95. The second kappa shape index (κ2) is 13.9. The van der Waals surface area contributed by atoms with E-state index in [9.17, 15) is 9.59 Å². The fourth-order valence-corrected chi connectivity index (χ4v) is 4.18. The van der Waals surface area contributed by atoms with Crippen LogP contribution < -0.4 is 30.2 Å². The lowest BCUT2D eigenvalue weighted by Gasteiger charge is -2.27. The third-order valence-corrected chi connectivity index (χ3v) is 6.27. The number of benzene rings is 3. The van der Waals surface area contributed by atoms with Crippen LogP contribution in [0, 0.1) is 0 Å². The molecule has 1 aliphatic heterocycles. The molecular weight excluding hydrogens is 552 g/mol. The molecule has 3 N–H and O–H groups in total. The van der Waals surface area contributed by atoms with Crippen LogP contribution in [-0.2, 0) is 0 Å². The zero-order chi connectivity index (χ0) is 30.0. The van der Waals surface area contributed by atoms with E-state index in [1.807, 2.05) is 48.5 Å². The smallest absolute Gasteiger partial charge is 0.418 e. The Bertz CT molecular complexity index is 1710. The molecule has 0 bridgehead atoms. The van der Waals surface area contributed by atoms with Gasteiger partial charge < -0.3 is 24.4 Å². The van der Waals surface area contributed by atoms with Gasteiger partial charge in [0.2, 0.25) is 0 Å². The zero-order valence-electron chi connectivity index (χ0n) is 23.6. The second-order valence-electron chi connectivity index (χ2n) is 9.14. The minimum Gasteiger partial charge on any atom is -0.478 e. The maximum atomic E-state index is 12.2. The van der Waals surface area contributed by atoms with Crippen molar-refractivity contribution in [2.45, 2.75) is 0 Å². The van der Waals surface area contributed by atoms with Crippen LogP contribution in [0.15, 0.2) is 78.9 Å². The number of amides is 3. The van der Waals surface area contributed by atoms with E-state index in [2.05, 4.69) is 35.9 Å². The number of hydrogen-bond acceptors (Lipinski definition) is 10. The van der Waals surface area contributed by atoms with Crippen molar-refractivity contribution in [3.63, 3.8) is 0 Å². The van der Waals surface area contributed by atoms with Crippen LogP contribution in [0.3, 0.4) is 0 Å². The Morgan fingerprint density at radius 2 is 1.14 bits per heavy atom. The molecule has 0 radical (unpaired) electrons. The number of carbonyl (C=O) groups excluding carboxylic acids is 2. The summed E-state index contributed by atoms with van der Waals surface area (Å²) in [5, 5.41) is 8.53. The molecule has 3 heterocycles. The first-order valence-electron chi connectivity index (χ1n) is 13.5. The van der Waals surface area contributed by atoms with Gasteiger partial charge in [-0.2, -0.15) is 0 Å². The molecule has 13 nitrogen and oxygen atoms in total. The number of urea groups is 1. The van der Waals surface area contributed by atoms with Crippen molar-refractivity contribution in [1.29, 1.82) is 0 Å². The summed E-state index contributed by atoms with van der Waals surface area (Å²) < 4.78 is 15.5. The van der Waals surface area contributed by atoms with Crippen LogP contribution in [0.4, 0.5) is 21.2 Å². The summed E-state index contributed by atoms with van der Waals surface area (Å²) in [6, 6.07) is 23.4. The van der Waals surface area contributed by atoms with E-state index in [1.54, 1.807) is 35.2 Å². The minimum absolute atomic E-state index is 0.181. The molecule has 1 aliphatic rings. The highest BCUT2D eigenvalue weighted by molar-refractivity contribution is 5.91. The summed E-state index contributed by atoms with van der Waals surface area (Å²) in [5.74, 6) is 1.54. The minimum atomic E-state index is -0.658. The molecule has 1 saturated heterocycles. The fourth-order valence-electron chi connectivity index (χ4n) is 4.18. The maximum absolute atomic E-state index is 12.2. The number of fused-ring (bicyclic) bond motifs is 2. The Kier molecular flexibility index (Phi) is 9.34. The number of methoxy groups -OCH3 is 2. The van der Waals surface area contributed by atoms with E-state index in [-0.39, 0.29) is 17.7 Å². The molecule has 6 rings (SSSR count). The van der Waals surface area contributed by atoms with Crippen LogP contribution in [0.1, 0.15) is 0 Å². The van der Waals surface area contributed by atoms with Gasteiger partial charge in [-0.25, -0.2) is 29.5 Å². The van der Waals surface area contributed by atoms with Crippen molar-refractivity contribution in [2.24, 2.45) is 0 Å². The number of rotatable bonds is 5. The SMILES string of the molecule is COc1nc2ccccc2nc1NC(=O)N1CCNCC1.COc1nc2ccccc2nc1NC(=O)Oc1ccccc1. The van der Waals surface area contributed by atoms with Crippen molar-refractivity contribution < 1.29 is 23.8 Å². The topological polar surface area (TPSA) is 153 Å². The standard InChI is InChI=1S/C16H13N3O3.C14H17N5O2/c1-21-15-14(17-12-9-5-6-10-13(12)18-15)19-16(20)22-11-7-3-2-4-8-11;1-21-13-12(16-10-4-2-3-5-11(10)17-13)18-14(20)19-8-6-15-7-9-19/h2-10H,1H3,(H,17,19,20);2-5,15H,6-9H2,1H3,(H,16,18,20). The van der Waals surface area contributed by atoms with Gasteiger partial charge >= 0.3 is 12.1 Å². The predicted octanol–water partition coefficient (Wildman–Crippen LogP) is 4.32. The largest absolute Gasteiger partial charge is 0.478 e. The quantitative estimate of drug-likeness (QED) is 0.273. The molecule has 1 fully saturated rings. The average molecular weight is 583 g/mol. The Labute approximate surface area is 247 Å². The number of nitrogens with one attached hydrogen (secondary N) is 3. The molecule has 0 atom stereocenters. The van der Waals surface area contributed by atoms with Crippen LogP contribution in [0.25, 0.3) is 22.1 Å². The number of piperazine rings is 1. The Morgan fingerprint density at radius 3 is 1.65 bits per heavy atom. The van der Waals surface area contributed by atoms with Crippen molar-refractivity contribution in [3.05, 3.63) is 78.9 Å². The van der Waals surface area contributed by atoms with Gasteiger partial charge in [0.1, 0.15) is 5.75 Å². The highest BCUT2D eigenvalue weighted by Crippen LogP contribution is 2.24. The molecular formula is C30H30N8O5. The highest BCUT2D eigenvalue weighted by Gasteiger charge is 2.19. The van der Waals surface area contributed by atoms with Crippen LogP contribution in [-0.4, -0.2) is 77.4 Å². The van der Waals surface area contributed by atoms with Crippen molar-refractivity contribution >= 4 is 45.8 Å². The lowest BCUT2D eigenvalue weighted by Crippen LogP contribution is -2.48. The van der Waals surface area contributed by atoms with Gasteiger partial charge in [-0.15, -0.1) is 0 Å². The summed E-state index contributed by atoms with van der Waals surface area (Å²) in [4.78, 5) is 43.3. The second-order valence-corrected chi connectivity index (χ2v) is 9.14. The van der Waals surface area contributed by atoms with Crippen LogP contribution >= 0.6 is 0 Å². The summed E-state index contributed by atoms with van der Waals surface area (Å²) >= 11 is 0. The lowest BCUT2D eigenvalue weighted by molar-refractivity contribution is 0.203. The Hall–Kier alpha value is -5.56. The number of hydrogen-bond donors (Lipinski definition) is 3. The van der Waals surface area contributed by atoms with Gasteiger partial charge in [-0.1, -0.05) is 42.5 Å². The summed E-state index contributed by atoms with van der Waals surface area (Å²) in [5.41, 5.74) is 2.78. The van der Waals surface area contributed by atoms with Crippen LogP contribution in [0.2, 0.25) is 0 Å². The maximum Gasteiger partial charge on any atom is 0.418 e. The average Bonchev–Trinajstić information content (AvgIpc) is 3.05. The Morgan fingerprint density at radius 1 is 0.674 bits per heavy atom. The molecule has 5 aromatic rings. The van der Waals surface area contributed by atoms with E-state index in [4.69, 9.17) is 14.2 Å². The van der Waals surface area contributed by atoms with Crippen molar-refractivity contribution in [3.8, 4) is 17.5 Å². The predicted molar refractivity (Wildman–Crippen MR) is 162 cm³/mol. The first-order valence-corrected chi connectivity index (χ1v) is 13.5. The normalized spacial score (nSPS) is 12.6. The monoisotopic (exact) mass is 582 g/mol. The van der Waals surface area contributed by atoms with Gasteiger partial charge in [-0.05, 0) is 36.4 Å². The van der Waals surface area contributed by atoms with E-state index >= 15 is 0 Å². The molecule has 0 saturated carbocycles. The molecule has 0 unspecified atom stereocenters. The van der Waals surface area contributed by atoms with Gasteiger partial charge in [0.05, 0.1) is 36.3 Å². The van der Waals surface area contributed by atoms with Crippen LogP contribution in [0.5, 0.6) is 17.5 Å². The Balaban J connectivity index is 0.000000171. The van der Waals surface area contributed by atoms with E-state index in [0.717, 1.165) is 18.6 Å². The van der Waals surface area contributed by atoms with Gasteiger partial charge in [0.15, 0.2) is 11.6 Å². The first kappa shape index (κ1) is 29.0. The van der Waals surface area contributed by atoms with E-state index < -0.39 is 6.09 Å². The lowest BCUT2D eigenvalue weighted by atomic mass is 10.3. The number of carbonyl (C=O) groups is 2. The van der Waals surface area contributed by atoms with Crippen molar-refractivity contribution in [1.82, 2.24) is 30.2 Å². The molecule has 13 heteroatoms. The molecule has 220 valence electrons. The number of aromatic nitrogens is 4. The summed E-state index contributed by atoms with van der Waals surface area (Å²) in [6.07, 6.45) is -0.658. The number of ether oxygens (including phenoxy) is 3. The number of anilines is 2.